The highest BCUT2D eigenvalue weighted by molar-refractivity contribution is 7.80. The minimum Gasteiger partial charge on any atom is -0.462 e. The Kier molecular flexibility index (Phi) is 5.78. The molecule has 0 bridgehead atoms. The Morgan fingerprint density at radius 1 is 1.15 bits per heavy atom. The van der Waals surface area contributed by atoms with Crippen molar-refractivity contribution in [1.29, 1.82) is 0 Å². The Balaban J connectivity index is 1.68. The van der Waals surface area contributed by atoms with Gasteiger partial charge in [0.1, 0.15) is 0 Å². The fraction of sp³-hybridized carbons (Fsp3) is 0.158. The van der Waals surface area contributed by atoms with Crippen LogP contribution in [0.1, 0.15) is 33.2 Å². The lowest BCUT2D eigenvalue weighted by molar-refractivity contribution is 0.0526. The van der Waals surface area contributed by atoms with Crippen molar-refractivity contribution in [2.45, 2.75) is 13.8 Å². The van der Waals surface area contributed by atoms with E-state index in [0.29, 0.717) is 22.9 Å². The summed E-state index contributed by atoms with van der Waals surface area (Å²) in [6.07, 6.45) is 0. The second-order valence-electron chi connectivity index (χ2n) is 5.70. The lowest BCUT2D eigenvalue weighted by Crippen LogP contribution is -2.34. The van der Waals surface area contributed by atoms with Crippen LogP contribution in [0.3, 0.4) is 0 Å². The number of carbonyl (C=O) groups is 2. The molecule has 3 rings (SSSR count). The van der Waals surface area contributed by atoms with E-state index < -0.39 is 0 Å². The normalized spacial score (nSPS) is 10.4. The number of rotatable bonds is 4. The van der Waals surface area contributed by atoms with Crippen LogP contribution in [0.4, 0.5) is 5.13 Å². The maximum atomic E-state index is 12.2. The predicted molar refractivity (Wildman–Crippen MR) is 110 cm³/mol. The number of hydrogen-bond donors (Lipinski definition) is 2. The summed E-state index contributed by atoms with van der Waals surface area (Å²) in [5, 5.41) is 6.22. The van der Waals surface area contributed by atoms with Gasteiger partial charge in [-0.2, -0.15) is 0 Å². The fourth-order valence-electron chi connectivity index (χ4n) is 2.33. The van der Waals surface area contributed by atoms with Gasteiger partial charge in [-0.3, -0.25) is 10.1 Å². The number of aromatic nitrogens is 1. The van der Waals surface area contributed by atoms with Crippen molar-refractivity contribution in [3.05, 3.63) is 59.2 Å². The van der Waals surface area contributed by atoms with Gasteiger partial charge in [-0.05, 0) is 56.4 Å². The van der Waals surface area contributed by atoms with Gasteiger partial charge in [0.15, 0.2) is 10.2 Å². The molecule has 138 valence electrons. The van der Waals surface area contributed by atoms with Crippen molar-refractivity contribution in [1.82, 2.24) is 10.3 Å². The quantitative estimate of drug-likeness (QED) is 0.511. The third-order valence-electron chi connectivity index (χ3n) is 3.66. The highest BCUT2D eigenvalue weighted by Crippen LogP contribution is 2.27. The molecule has 0 unspecified atom stereocenters. The molecular formula is C19H17N3O3S2. The van der Waals surface area contributed by atoms with Gasteiger partial charge in [0.25, 0.3) is 5.91 Å². The first-order valence-electron chi connectivity index (χ1n) is 8.23. The van der Waals surface area contributed by atoms with E-state index in [1.807, 2.05) is 19.1 Å². The summed E-state index contributed by atoms with van der Waals surface area (Å²) in [6, 6.07) is 12.3. The number of thiazole rings is 1. The van der Waals surface area contributed by atoms with Crippen LogP contribution < -0.4 is 10.6 Å². The summed E-state index contributed by atoms with van der Waals surface area (Å²) in [5.74, 6) is -0.665. The van der Waals surface area contributed by atoms with Gasteiger partial charge in [-0.25, -0.2) is 9.78 Å². The lowest BCUT2D eigenvalue weighted by atomic mass is 10.1. The van der Waals surface area contributed by atoms with E-state index in [2.05, 4.69) is 15.6 Å². The number of fused-ring (bicyclic) bond motifs is 1. The number of esters is 1. The fourth-order valence-corrected chi connectivity index (χ4v) is 3.49. The van der Waals surface area contributed by atoms with Crippen LogP contribution in [0, 0.1) is 6.92 Å². The van der Waals surface area contributed by atoms with Gasteiger partial charge < -0.3 is 10.1 Å². The molecule has 0 aliphatic rings. The van der Waals surface area contributed by atoms with Crippen molar-refractivity contribution in [2.24, 2.45) is 0 Å². The molecule has 0 spiro atoms. The molecule has 2 N–H and O–H groups in total. The molecule has 0 radical (unpaired) electrons. The number of amides is 1. The molecule has 0 aliphatic heterocycles. The van der Waals surface area contributed by atoms with Gasteiger partial charge in [0.05, 0.1) is 22.4 Å². The number of ether oxygens (including phenoxy) is 1. The Bertz CT molecular complexity index is 1010. The van der Waals surface area contributed by atoms with Crippen molar-refractivity contribution in [3.63, 3.8) is 0 Å². The van der Waals surface area contributed by atoms with Gasteiger partial charge >= 0.3 is 5.97 Å². The molecular weight excluding hydrogens is 382 g/mol. The zero-order valence-corrected chi connectivity index (χ0v) is 16.4. The first-order valence-corrected chi connectivity index (χ1v) is 9.45. The maximum absolute atomic E-state index is 12.2. The SMILES string of the molecule is CCOC(=O)c1ccc2nc(NC(=S)NC(=O)c3ccc(C)cc3)sc2c1. The zero-order valence-electron chi connectivity index (χ0n) is 14.7. The molecule has 3 aromatic rings. The third-order valence-corrected chi connectivity index (χ3v) is 4.80. The number of hydrogen-bond acceptors (Lipinski definition) is 6. The summed E-state index contributed by atoms with van der Waals surface area (Å²) in [7, 11) is 0. The average Bonchev–Trinajstić information content (AvgIpc) is 3.03. The number of thiocarbonyl (C=S) groups is 1. The molecule has 0 fully saturated rings. The van der Waals surface area contributed by atoms with Crippen LogP contribution in [-0.4, -0.2) is 28.6 Å². The highest BCUT2D eigenvalue weighted by Gasteiger charge is 2.12. The van der Waals surface area contributed by atoms with Crippen molar-refractivity contribution >= 4 is 55.9 Å². The maximum Gasteiger partial charge on any atom is 0.338 e. The summed E-state index contributed by atoms with van der Waals surface area (Å²) >= 11 is 6.53. The minimum atomic E-state index is -0.372. The van der Waals surface area contributed by atoms with Gasteiger partial charge in [0, 0.05) is 5.56 Å². The Morgan fingerprint density at radius 2 is 1.85 bits per heavy atom. The molecule has 2 aromatic carbocycles. The molecule has 0 aliphatic carbocycles. The minimum absolute atomic E-state index is 0.158. The van der Waals surface area contributed by atoms with Crippen LogP contribution in [0.2, 0.25) is 0 Å². The third kappa shape index (κ3) is 4.66. The van der Waals surface area contributed by atoms with E-state index in [1.165, 1.54) is 11.3 Å². The van der Waals surface area contributed by atoms with Gasteiger partial charge in [-0.1, -0.05) is 29.0 Å². The largest absolute Gasteiger partial charge is 0.462 e. The molecule has 1 amide bonds. The average molecular weight is 399 g/mol. The van der Waals surface area contributed by atoms with E-state index in [0.717, 1.165) is 15.8 Å². The monoisotopic (exact) mass is 399 g/mol. The summed E-state index contributed by atoms with van der Waals surface area (Å²) in [5.41, 5.74) is 2.79. The topological polar surface area (TPSA) is 80.3 Å². The second kappa shape index (κ2) is 8.24. The van der Waals surface area contributed by atoms with E-state index >= 15 is 0 Å². The van der Waals surface area contributed by atoms with E-state index in [9.17, 15) is 9.59 Å². The molecule has 0 atom stereocenters. The Hall–Kier alpha value is -2.84. The number of aryl methyl sites for hydroxylation is 1. The summed E-state index contributed by atoms with van der Waals surface area (Å²) in [6.45, 7) is 4.03. The first kappa shape index (κ1) is 18.9. The van der Waals surface area contributed by atoms with E-state index in [1.54, 1.807) is 37.3 Å². The van der Waals surface area contributed by atoms with Crippen molar-refractivity contribution in [3.8, 4) is 0 Å². The summed E-state index contributed by atoms with van der Waals surface area (Å²) in [4.78, 5) is 28.4. The molecule has 6 nitrogen and oxygen atoms in total. The molecule has 0 saturated carbocycles. The smallest absolute Gasteiger partial charge is 0.338 e. The summed E-state index contributed by atoms with van der Waals surface area (Å²) < 4.78 is 5.82. The van der Waals surface area contributed by atoms with Crippen LogP contribution >= 0.6 is 23.6 Å². The molecule has 0 saturated heterocycles. The van der Waals surface area contributed by atoms with E-state index in [-0.39, 0.29) is 17.0 Å². The number of anilines is 1. The van der Waals surface area contributed by atoms with Crippen LogP contribution in [-0.2, 0) is 4.74 Å². The number of nitrogens with one attached hydrogen (secondary N) is 2. The number of carbonyl (C=O) groups excluding carboxylic acids is 2. The standard InChI is InChI=1S/C19H17N3O3S2/c1-3-25-17(24)13-8-9-14-15(10-13)27-19(20-14)22-18(26)21-16(23)12-6-4-11(2)5-7-12/h4-10H,3H2,1-2H3,(H2,20,21,22,23,26). The van der Waals surface area contributed by atoms with Crippen molar-refractivity contribution < 1.29 is 14.3 Å². The number of benzene rings is 2. The molecule has 1 aromatic heterocycles. The highest BCUT2D eigenvalue weighted by atomic mass is 32.1. The predicted octanol–water partition coefficient (Wildman–Crippen LogP) is 3.91. The van der Waals surface area contributed by atoms with Crippen LogP contribution in [0.5, 0.6) is 0 Å². The second-order valence-corrected chi connectivity index (χ2v) is 7.14. The van der Waals surface area contributed by atoms with Gasteiger partial charge in [0.2, 0.25) is 0 Å². The number of nitrogens with zero attached hydrogens (tertiary/aromatic N) is 1. The lowest BCUT2D eigenvalue weighted by Gasteiger charge is -2.07. The molecule has 8 heteroatoms. The van der Waals surface area contributed by atoms with Crippen LogP contribution in [0.25, 0.3) is 10.2 Å². The van der Waals surface area contributed by atoms with Gasteiger partial charge in [-0.15, -0.1) is 0 Å². The Labute approximate surface area is 165 Å². The zero-order chi connectivity index (χ0) is 19.4. The molecule has 1 heterocycles. The van der Waals surface area contributed by atoms with Crippen molar-refractivity contribution in [2.75, 3.05) is 11.9 Å². The first-order chi connectivity index (χ1) is 13.0. The Morgan fingerprint density at radius 3 is 2.56 bits per heavy atom. The van der Waals surface area contributed by atoms with E-state index in [4.69, 9.17) is 17.0 Å². The molecule has 27 heavy (non-hydrogen) atoms. The van der Waals surface area contributed by atoms with Crippen LogP contribution in [0.15, 0.2) is 42.5 Å².